The fraction of sp³-hybridized carbons (Fsp3) is 0.471. The van der Waals surface area contributed by atoms with Crippen molar-refractivity contribution in [3.05, 3.63) is 36.9 Å². The van der Waals surface area contributed by atoms with E-state index < -0.39 is 0 Å². The normalized spacial score (nSPS) is 10.1. The quantitative estimate of drug-likeness (QED) is 0.382. The van der Waals surface area contributed by atoms with Crippen LogP contribution in [-0.4, -0.2) is 24.3 Å². The first-order chi connectivity index (χ1) is 10.2. The topological polar surface area (TPSA) is 55.8 Å². The number of hydrogen-bond donors (Lipinski definition) is 1. The molecule has 0 aromatic heterocycles. The zero-order valence-corrected chi connectivity index (χ0v) is 12.4. The first-order valence-corrected chi connectivity index (χ1v) is 7.44. The molecule has 21 heavy (non-hydrogen) atoms. The van der Waals surface area contributed by atoms with Crippen molar-refractivity contribution in [2.45, 2.75) is 38.5 Å². The predicted molar refractivity (Wildman–Crippen MR) is 82.5 cm³/mol. The molecular formula is C17H24O4. The molecule has 0 spiro atoms. The zero-order chi connectivity index (χ0) is 15.3. The van der Waals surface area contributed by atoms with Crippen LogP contribution in [0, 0.1) is 0 Å². The summed E-state index contributed by atoms with van der Waals surface area (Å²) in [6.07, 6.45) is 7.48. The number of esters is 1. The standard InChI is InChI=1S/C17H24O4/c1-2-17(19)21-14-10-6-4-3-5-9-13-20-16-12-8-7-11-15(16)18/h2,7-8,11-12,18H,1,3-6,9-10,13-14H2. The van der Waals surface area contributed by atoms with E-state index in [1.165, 1.54) is 6.08 Å². The third-order valence-electron chi connectivity index (χ3n) is 3.07. The number of rotatable bonds is 11. The number of hydrogen-bond acceptors (Lipinski definition) is 4. The van der Waals surface area contributed by atoms with Gasteiger partial charge in [-0.15, -0.1) is 0 Å². The molecule has 1 N–H and O–H groups in total. The van der Waals surface area contributed by atoms with Gasteiger partial charge in [0.25, 0.3) is 0 Å². The fourth-order valence-electron chi connectivity index (χ4n) is 1.90. The van der Waals surface area contributed by atoms with Gasteiger partial charge in [-0.05, 0) is 25.0 Å². The summed E-state index contributed by atoms with van der Waals surface area (Å²) in [4.78, 5) is 10.8. The van der Waals surface area contributed by atoms with Crippen LogP contribution in [0.1, 0.15) is 38.5 Å². The zero-order valence-electron chi connectivity index (χ0n) is 12.4. The number of phenolic OH excluding ortho intramolecular Hbond substituents is 1. The minimum absolute atomic E-state index is 0.187. The molecule has 0 heterocycles. The first kappa shape index (κ1) is 17.1. The molecular weight excluding hydrogens is 268 g/mol. The summed E-state index contributed by atoms with van der Waals surface area (Å²) in [5.74, 6) is 0.379. The van der Waals surface area contributed by atoms with Gasteiger partial charge in [-0.2, -0.15) is 0 Å². The fourth-order valence-corrected chi connectivity index (χ4v) is 1.90. The SMILES string of the molecule is C=CC(=O)OCCCCCCCCOc1ccccc1O. The van der Waals surface area contributed by atoms with Gasteiger partial charge in [-0.3, -0.25) is 0 Å². The Morgan fingerprint density at radius 1 is 1.05 bits per heavy atom. The number of phenols is 1. The highest BCUT2D eigenvalue weighted by atomic mass is 16.5. The lowest BCUT2D eigenvalue weighted by atomic mass is 10.1. The Hall–Kier alpha value is -1.97. The Bertz CT molecular complexity index is 429. The van der Waals surface area contributed by atoms with E-state index in [9.17, 15) is 9.90 Å². The average Bonchev–Trinajstić information content (AvgIpc) is 2.50. The molecule has 0 saturated heterocycles. The molecule has 116 valence electrons. The van der Waals surface area contributed by atoms with E-state index >= 15 is 0 Å². The maximum Gasteiger partial charge on any atom is 0.330 e. The second kappa shape index (κ2) is 10.8. The highest BCUT2D eigenvalue weighted by Crippen LogP contribution is 2.24. The van der Waals surface area contributed by atoms with Gasteiger partial charge in [0.1, 0.15) is 0 Å². The van der Waals surface area contributed by atoms with Gasteiger partial charge in [-0.1, -0.05) is 44.4 Å². The molecule has 1 rings (SSSR count). The molecule has 0 radical (unpaired) electrons. The second-order valence-electron chi connectivity index (χ2n) is 4.81. The third kappa shape index (κ3) is 8.02. The Morgan fingerprint density at radius 2 is 1.67 bits per heavy atom. The van der Waals surface area contributed by atoms with E-state index in [1.54, 1.807) is 18.2 Å². The van der Waals surface area contributed by atoms with Gasteiger partial charge in [0.2, 0.25) is 0 Å². The van der Waals surface area contributed by atoms with E-state index in [1.807, 2.05) is 6.07 Å². The molecule has 0 bridgehead atoms. The molecule has 0 aliphatic heterocycles. The number of benzene rings is 1. The molecule has 0 atom stereocenters. The van der Waals surface area contributed by atoms with Crippen LogP contribution in [0.25, 0.3) is 0 Å². The molecule has 0 aliphatic carbocycles. The summed E-state index contributed by atoms with van der Waals surface area (Å²) in [5, 5.41) is 9.52. The minimum atomic E-state index is -0.351. The summed E-state index contributed by atoms with van der Waals surface area (Å²) < 4.78 is 10.4. The number of para-hydroxylation sites is 2. The maximum atomic E-state index is 10.8. The number of carbonyl (C=O) groups excluding carboxylic acids is 1. The van der Waals surface area contributed by atoms with Crippen LogP contribution in [0.3, 0.4) is 0 Å². The first-order valence-electron chi connectivity index (χ1n) is 7.44. The maximum absolute atomic E-state index is 10.8. The third-order valence-corrected chi connectivity index (χ3v) is 3.07. The summed E-state index contributed by atoms with van der Waals surface area (Å²) in [6.45, 7) is 4.44. The predicted octanol–water partition coefficient (Wildman–Crippen LogP) is 3.84. The van der Waals surface area contributed by atoms with Crippen molar-refractivity contribution >= 4 is 5.97 Å². The molecule has 0 unspecified atom stereocenters. The number of aromatic hydroxyl groups is 1. The second-order valence-corrected chi connectivity index (χ2v) is 4.81. The lowest BCUT2D eigenvalue weighted by Gasteiger charge is -2.07. The van der Waals surface area contributed by atoms with E-state index in [0.29, 0.717) is 19.0 Å². The van der Waals surface area contributed by atoms with Gasteiger partial charge < -0.3 is 14.6 Å². The molecule has 4 nitrogen and oxygen atoms in total. The van der Waals surface area contributed by atoms with Gasteiger partial charge in [0, 0.05) is 6.08 Å². The number of carbonyl (C=O) groups is 1. The molecule has 1 aromatic rings. The van der Waals surface area contributed by atoms with E-state index in [0.717, 1.165) is 38.5 Å². The molecule has 0 amide bonds. The van der Waals surface area contributed by atoms with Crippen molar-refractivity contribution < 1.29 is 19.4 Å². The smallest absolute Gasteiger partial charge is 0.330 e. The van der Waals surface area contributed by atoms with Gasteiger partial charge in [-0.25, -0.2) is 4.79 Å². The Morgan fingerprint density at radius 3 is 2.33 bits per heavy atom. The molecule has 0 saturated carbocycles. The molecule has 0 aliphatic rings. The lowest BCUT2D eigenvalue weighted by Crippen LogP contribution is -2.01. The van der Waals surface area contributed by atoms with Crippen molar-refractivity contribution in [3.8, 4) is 11.5 Å². The van der Waals surface area contributed by atoms with Crippen molar-refractivity contribution in [1.82, 2.24) is 0 Å². The summed E-state index contributed by atoms with van der Waals surface area (Å²) >= 11 is 0. The van der Waals surface area contributed by atoms with Gasteiger partial charge in [0.05, 0.1) is 13.2 Å². The van der Waals surface area contributed by atoms with E-state index in [-0.39, 0.29) is 11.7 Å². The van der Waals surface area contributed by atoms with Crippen molar-refractivity contribution in [2.24, 2.45) is 0 Å². The highest BCUT2D eigenvalue weighted by Gasteiger charge is 2.00. The Kier molecular flexibility index (Phi) is 8.76. The van der Waals surface area contributed by atoms with Crippen LogP contribution in [0.5, 0.6) is 11.5 Å². The lowest BCUT2D eigenvalue weighted by molar-refractivity contribution is -0.137. The number of unbranched alkanes of at least 4 members (excludes halogenated alkanes) is 5. The summed E-state index contributed by atoms with van der Waals surface area (Å²) in [7, 11) is 0. The largest absolute Gasteiger partial charge is 0.504 e. The van der Waals surface area contributed by atoms with E-state index in [4.69, 9.17) is 9.47 Å². The van der Waals surface area contributed by atoms with Crippen LogP contribution in [0.15, 0.2) is 36.9 Å². The summed E-state index contributed by atoms with van der Waals surface area (Å²) in [5.41, 5.74) is 0. The van der Waals surface area contributed by atoms with E-state index in [2.05, 4.69) is 6.58 Å². The Labute approximate surface area is 126 Å². The molecule has 1 aromatic carbocycles. The average molecular weight is 292 g/mol. The van der Waals surface area contributed by atoms with Crippen LogP contribution in [0.2, 0.25) is 0 Å². The minimum Gasteiger partial charge on any atom is -0.504 e. The number of ether oxygens (including phenoxy) is 2. The van der Waals surface area contributed by atoms with Crippen LogP contribution >= 0.6 is 0 Å². The van der Waals surface area contributed by atoms with Gasteiger partial charge >= 0.3 is 5.97 Å². The molecule has 4 heteroatoms. The summed E-state index contributed by atoms with van der Waals surface area (Å²) in [6, 6.07) is 7.00. The van der Waals surface area contributed by atoms with Crippen LogP contribution in [0.4, 0.5) is 0 Å². The van der Waals surface area contributed by atoms with Crippen molar-refractivity contribution in [2.75, 3.05) is 13.2 Å². The molecule has 0 fully saturated rings. The van der Waals surface area contributed by atoms with Crippen molar-refractivity contribution in [1.29, 1.82) is 0 Å². The van der Waals surface area contributed by atoms with Gasteiger partial charge in [0.15, 0.2) is 11.5 Å². The highest BCUT2D eigenvalue weighted by molar-refractivity contribution is 5.81. The monoisotopic (exact) mass is 292 g/mol. The van der Waals surface area contributed by atoms with Crippen LogP contribution < -0.4 is 4.74 Å². The van der Waals surface area contributed by atoms with Crippen LogP contribution in [-0.2, 0) is 9.53 Å². The Balaban J connectivity index is 1.90. The van der Waals surface area contributed by atoms with Crippen molar-refractivity contribution in [3.63, 3.8) is 0 Å².